The molecule has 4 rings (SSSR count). The topological polar surface area (TPSA) is 76.2 Å². The Hall–Kier alpha value is -2.29. The van der Waals surface area contributed by atoms with Crippen LogP contribution in [0, 0.1) is 5.92 Å². The Morgan fingerprint density at radius 1 is 1.09 bits per heavy atom. The van der Waals surface area contributed by atoms with Crippen LogP contribution in [0.3, 0.4) is 0 Å². The molecular formula is C23H27ClN2O5S. The number of carbonyl (C=O) groups is 1. The van der Waals surface area contributed by atoms with Crippen LogP contribution in [-0.2, 0) is 21.4 Å². The van der Waals surface area contributed by atoms with Gasteiger partial charge in [0, 0.05) is 50.1 Å². The van der Waals surface area contributed by atoms with Crippen molar-refractivity contribution in [3.8, 4) is 11.5 Å². The first-order chi connectivity index (χ1) is 15.3. The van der Waals surface area contributed by atoms with Crippen molar-refractivity contribution < 1.29 is 22.7 Å². The van der Waals surface area contributed by atoms with Crippen LogP contribution in [0.1, 0.15) is 24.8 Å². The number of hydrogen-bond donors (Lipinski definition) is 0. The monoisotopic (exact) mass is 478 g/mol. The molecule has 2 aromatic carbocycles. The van der Waals surface area contributed by atoms with Gasteiger partial charge in [-0.15, -0.1) is 0 Å². The van der Waals surface area contributed by atoms with E-state index >= 15 is 0 Å². The highest BCUT2D eigenvalue weighted by Gasteiger charge is 2.33. The number of halogens is 1. The van der Waals surface area contributed by atoms with E-state index in [1.54, 1.807) is 30.1 Å². The molecule has 0 aromatic heterocycles. The Morgan fingerprint density at radius 2 is 1.81 bits per heavy atom. The second kappa shape index (κ2) is 9.68. The van der Waals surface area contributed by atoms with E-state index in [0.717, 1.165) is 12.0 Å². The summed E-state index contributed by atoms with van der Waals surface area (Å²) in [6.07, 6.45) is 1.73. The van der Waals surface area contributed by atoms with Gasteiger partial charge in [-0.1, -0.05) is 23.7 Å². The van der Waals surface area contributed by atoms with Crippen LogP contribution in [0.2, 0.25) is 5.02 Å². The molecular weight excluding hydrogens is 452 g/mol. The Morgan fingerprint density at radius 3 is 2.53 bits per heavy atom. The van der Waals surface area contributed by atoms with E-state index in [-0.39, 0.29) is 16.7 Å². The third-order valence-corrected chi connectivity index (χ3v) is 7.97. The molecule has 2 aliphatic rings. The molecule has 0 aliphatic carbocycles. The number of ether oxygens (including phenoxy) is 2. The van der Waals surface area contributed by atoms with Gasteiger partial charge in [0.25, 0.3) is 0 Å². The fraction of sp³-hybridized carbons (Fsp3) is 0.435. The van der Waals surface area contributed by atoms with Gasteiger partial charge < -0.3 is 14.4 Å². The Kier molecular flexibility index (Phi) is 6.93. The van der Waals surface area contributed by atoms with Gasteiger partial charge in [-0.2, -0.15) is 4.31 Å². The van der Waals surface area contributed by atoms with Gasteiger partial charge in [-0.3, -0.25) is 4.79 Å². The number of nitrogens with zero attached hydrogens (tertiary/aromatic N) is 2. The maximum absolute atomic E-state index is 13.2. The molecule has 172 valence electrons. The van der Waals surface area contributed by atoms with Crippen LogP contribution >= 0.6 is 11.6 Å². The van der Waals surface area contributed by atoms with Crippen LogP contribution < -0.4 is 9.47 Å². The maximum atomic E-state index is 13.2. The van der Waals surface area contributed by atoms with Gasteiger partial charge in [0.05, 0.1) is 18.1 Å². The zero-order chi connectivity index (χ0) is 22.7. The van der Waals surface area contributed by atoms with Crippen molar-refractivity contribution in [1.82, 2.24) is 9.21 Å². The molecule has 0 atom stereocenters. The molecule has 0 bridgehead atoms. The van der Waals surface area contributed by atoms with Crippen molar-refractivity contribution in [1.29, 1.82) is 0 Å². The minimum absolute atomic E-state index is 0.0256. The van der Waals surface area contributed by atoms with Crippen molar-refractivity contribution >= 4 is 27.5 Å². The molecule has 1 amide bonds. The van der Waals surface area contributed by atoms with Gasteiger partial charge >= 0.3 is 0 Å². The van der Waals surface area contributed by atoms with Crippen LogP contribution in [0.5, 0.6) is 11.5 Å². The summed E-state index contributed by atoms with van der Waals surface area (Å²) >= 11 is 6.03. The number of amides is 1. The summed E-state index contributed by atoms with van der Waals surface area (Å²) in [6.45, 7) is 2.12. The molecule has 0 spiro atoms. The van der Waals surface area contributed by atoms with Gasteiger partial charge in [-0.05, 0) is 42.7 Å². The second-order valence-corrected chi connectivity index (χ2v) is 10.5. The van der Waals surface area contributed by atoms with Crippen molar-refractivity contribution in [2.75, 3.05) is 33.4 Å². The molecule has 0 N–H and O–H groups in total. The smallest absolute Gasteiger partial charge is 0.243 e. The van der Waals surface area contributed by atoms with Crippen LogP contribution in [-0.4, -0.2) is 56.9 Å². The van der Waals surface area contributed by atoms with Crippen molar-refractivity contribution in [3.05, 3.63) is 53.1 Å². The lowest BCUT2D eigenvalue weighted by Crippen LogP contribution is -2.43. The average Bonchev–Trinajstić information content (AvgIpc) is 3.03. The highest BCUT2D eigenvalue weighted by atomic mass is 35.5. The van der Waals surface area contributed by atoms with E-state index in [1.807, 2.05) is 18.2 Å². The molecule has 1 fully saturated rings. The van der Waals surface area contributed by atoms with Crippen LogP contribution in [0.4, 0.5) is 0 Å². The van der Waals surface area contributed by atoms with Crippen molar-refractivity contribution in [2.45, 2.75) is 30.7 Å². The number of piperidine rings is 1. The Labute approximate surface area is 193 Å². The highest BCUT2D eigenvalue weighted by molar-refractivity contribution is 7.89. The predicted molar refractivity (Wildman–Crippen MR) is 121 cm³/mol. The molecule has 2 heterocycles. The SMILES string of the molecule is CN(Cc1cccc(Cl)c1)C(=O)C1CCN(S(=O)(=O)c2ccc3c(c2)OCCCO3)CC1. The van der Waals surface area contributed by atoms with E-state index in [0.29, 0.717) is 62.2 Å². The number of hydrogen-bond acceptors (Lipinski definition) is 5. The molecule has 1 saturated heterocycles. The first-order valence-corrected chi connectivity index (χ1v) is 12.6. The summed E-state index contributed by atoms with van der Waals surface area (Å²) in [5, 5.41) is 0.636. The molecule has 2 aliphatic heterocycles. The summed E-state index contributed by atoms with van der Waals surface area (Å²) in [4.78, 5) is 14.8. The quantitative estimate of drug-likeness (QED) is 0.656. The van der Waals surface area contributed by atoms with E-state index in [9.17, 15) is 13.2 Å². The number of carbonyl (C=O) groups excluding carboxylic acids is 1. The Bertz CT molecular complexity index is 1080. The summed E-state index contributed by atoms with van der Waals surface area (Å²) in [6, 6.07) is 12.2. The number of benzene rings is 2. The third-order valence-electron chi connectivity index (χ3n) is 5.84. The summed E-state index contributed by atoms with van der Waals surface area (Å²) in [5.74, 6) is 0.844. The number of rotatable bonds is 5. The highest BCUT2D eigenvalue weighted by Crippen LogP contribution is 2.34. The fourth-order valence-electron chi connectivity index (χ4n) is 4.10. The summed E-state index contributed by atoms with van der Waals surface area (Å²) in [5.41, 5.74) is 0.961. The molecule has 0 radical (unpaired) electrons. The standard InChI is InChI=1S/C23H27ClN2O5S/c1-25(16-17-4-2-5-19(24)14-17)23(27)18-8-10-26(11-9-18)32(28,29)20-6-7-21-22(15-20)31-13-3-12-30-21/h2,4-7,14-15,18H,3,8-13,16H2,1H3. The minimum atomic E-state index is -3.67. The van der Waals surface area contributed by atoms with Crippen LogP contribution in [0.25, 0.3) is 0 Å². The third kappa shape index (κ3) is 5.03. The molecule has 32 heavy (non-hydrogen) atoms. The van der Waals surface area contributed by atoms with E-state index in [2.05, 4.69) is 0 Å². The summed E-state index contributed by atoms with van der Waals surface area (Å²) in [7, 11) is -1.90. The normalized spacial score (nSPS) is 17.6. The Balaban J connectivity index is 1.38. The largest absolute Gasteiger partial charge is 0.490 e. The van der Waals surface area contributed by atoms with Gasteiger partial charge in [0.15, 0.2) is 11.5 Å². The van der Waals surface area contributed by atoms with Gasteiger partial charge in [0.2, 0.25) is 15.9 Å². The first-order valence-electron chi connectivity index (χ1n) is 10.7. The predicted octanol–water partition coefficient (Wildman–Crippen LogP) is 3.56. The van der Waals surface area contributed by atoms with Gasteiger partial charge in [-0.25, -0.2) is 8.42 Å². The molecule has 0 saturated carbocycles. The second-order valence-electron chi connectivity index (χ2n) is 8.16. The average molecular weight is 479 g/mol. The molecule has 2 aromatic rings. The molecule has 9 heteroatoms. The zero-order valence-corrected chi connectivity index (χ0v) is 19.6. The van der Waals surface area contributed by atoms with Gasteiger partial charge in [0.1, 0.15) is 0 Å². The lowest BCUT2D eigenvalue weighted by Gasteiger charge is -2.32. The summed E-state index contributed by atoms with van der Waals surface area (Å²) < 4.78 is 39.0. The first kappa shape index (κ1) is 22.9. The van der Waals surface area contributed by atoms with E-state index in [1.165, 1.54) is 10.4 Å². The number of sulfonamides is 1. The van der Waals surface area contributed by atoms with Crippen molar-refractivity contribution in [2.24, 2.45) is 5.92 Å². The van der Waals surface area contributed by atoms with Crippen molar-refractivity contribution in [3.63, 3.8) is 0 Å². The van der Waals surface area contributed by atoms with E-state index in [4.69, 9.17) is 21.1 Å². The maximum Gasteiger partial charge on any atom is 0.243 e. The fourth-order valence-corrected chi connectivity index (χ4v) is 5.79. The van der Waals surface area contributed by atoms with E-state index < -0.39 is 10.0 Å². The molecule has 7 nitrogen and oxygen atoms in total. The molecule has 0 unspecified atom stereocenters. The van der Waals surface area contributed by atoms with Crippen LogP contribution in [0.15, 0.2) is 47.4 Å². The zero-order valence-electron chi connectivity index (χ0n) is 18.0. The number of fused-ring (bicyclic) bond motifs is 1. The lowest BCUT2D eigenvalue weighted by molar-refractivity contribution is -0.135. The lowest BCUT2D eigenvalue weighted by atomic mass is 9.96. The minimum Gasteiger partial charge on any atom is -0.490 e.